The fourth-order valence-electron chi connectivity index (χ4n) is 2.78. The number of hydrogen-bond donors (Lipinski definition) is 1. The summed E-state index contributed by atoms with van der Waals surface area (Å²) in [6, 6.07) is 9.88. The normalized spacial score (nSPS) is 25.2. The predicted octanol–water partition coefficient (Wildman–Crippen LogP) is 1.81. The SMILES string of the molecule is CC1CC(C)N(C(=O)C(N)Cc2ccccc2)C1. The number of nitrogens with zero attached hydrogens (tertiary/aromatic N) is 1. The monoisotopic (exact) mass is 246 g/mol. The second kappa shape index (κ2) is 5.53. The van der Waals surface area contributed by atoms with Gasteiger partial charge in [-0.1, -0.05) is 37.3 Å². The molecule has 0 radical (unpaired) electrons. The maximum atomic E-state index is 12.3. The van der Waals surface area contributed by atoms with Crippen molar-refractivity contribution in [3.63, 3.8) is 0 Å². The van der Waals surface area contributed by atoms with Crippen LogP contribution < -0.4 is 5.73 Å². The van der Waals surface area contributed by atoms with Crippen LogP contribution in [0.15, 0.2) is 30.3 Å². The number of amides is 1. The maximum Gasteiger partial charge on any atom is 0.240 e. The Balaban J connectivity index is 1.97. The summed E-state index contributed by atoms with van der Waals surface area (Å²) in [7, 11) is 0. The Morgan fingerprint density at radius 3 is 2.61 bits per heavy atom. The zero-order valence-electron chi connectivity index (χ0n) is 11.2. The number of hydrogen-bond acceptors (Lipinski definition) is 2. The molecule has 2 N–H and O–H groups in total. The van der Waals surface area contributed by atoms with Gasteiger partial charge < -0.3 is 10.6 Å². The van der Waals surface area contributed by atoms with Gasteiger partial charge in [-0.25, -0.2) is 0 Å². The number of rotatable bonds is 3. The van der Waals surface area contributed by atoms with Crippen molar-refractivity contribution in [2.75, 3.05) is 6.54 Å². The fraction of sp³-hybridized carbons (Fsp3) is 0.533. The van der Waals surface area contributed by atoms with Crippen molar-refractivity contribution in [2.45, 2.75) is 38.8 Å². The molecule has 2 rings (SSSR count). The minimum Gasteiger partial charge on any atom is -0.338 e. The second-order valence-corrected chi connectivity index (χ2v) is 5.48. The third-order valence-corrected chi connectivity index (χ3v) is 3.68. The molecule has 3 unspecified atom stereocenters. The summed E-state index contributed by atoms with van der Waals surface area (Å²) in [6.07, 6.45) is 1.71. The highest BCUT2D eigenvalue weighted by Crippen LogP contribution is 2.23. The Bertz CT molecular complexity index is 404. The molecule has 98 valence electrons. The zero-order valence-corrected chi connectivity index (χ0v) is 11.2. The van der Waals surface area contributed by atoms with Crippen LogP contribution in [0.3, 0.4) is 0 Å². The van der Waals surface area contributed by atoms with Crippen LogP contribution in [0.4, 0.5) is 0 Å². The van der Waals surface area contributed by atoms with Crippen LogP contribution in [0.2, 0.25) is 0 Å². The highest BCUT2D eigenvalue weighted by Gasteiger charge is 2.32. The van der Waals surface area contributed by atoms with E-state index in [9.17, 15) is 4.79 Å². The molecule has 1 aromatic carbocycles. The van der Waals surface area contributed by atoms with Gasteiger partial charge in [-0.15, -0.1) is 0 Å². The van der Waals surface area contributed by atoms with Crippen LogP contribution in [-0.4, -0.2) is 29.4 Å². The van der Waals surface area contributed by atoms with E-state index in [-0.39, 0.29) is 5.91 Å². The van der Waals surface area contributed by atoms with Crippen molar-refractivity contribution < 1.29 is 4.79 Å². The average Bonchev–Trinajstić information content (AvgIpc) is 2.68. The number of likely N-dealkylation sites (tertiary alicyclic amines) is 1. The first kappa shape index (κ1) is 13.1. The van der Waals surface area contributed by atoms with Crippen molar-refractivity contribution in [2.24, 2.45) is 11.7 Å². The van der Waals surface area contributed by atoms with Crippen molar-refractivity contribution in [3.8, 4) is 0 Å². The minimum atomic E-state index is -0.417. The molecule has 0 saturated carbocycles. The lowest BCUT2D eigenvalue weighted by molar-refractivity contribution is -0.133. The molecule has 1 heterocycles. The van der Waals surface area contributed by atoms with Gasteiger partial charge in [0.2, 0.25) is 5.91 Å². The maximum absolute atomic E-state index is 12.3. The smallest absolute Gasteiger partial charge is 0.240 e. The highest BCUT2D eigenvalue weighted by molar-refractivity contribution is 5.82. The summed E-state index contributed by atoms with van der Waals surface area (Å²) >= 11 is 0. The third-order valence-electron chi connectivity index (χ3n) is 3.68. The quantitative estimate of drug-likeness (QED) is 0.884. The van der Waals surface area contributed by atoms with Crippen LogP contribution >= 0.6 is 0 Å². The molecule has 0 bridgehead atoms. The van der Waals surface area contributed by atoms with E-state index in [1.807, 2.05) is 35.2 Å². The molecule has 18 heavy (non-hydrogen) atoms. The summed E-state index contributed by atoms with van der Waals surface area (Å²) < 4.78 is 0. The molecule has 0 aliphatic carbocycles. The van der Waals surface area contributed by atoms with Gasteiger partial charge >= 0.3 is 0 Å². The Hall–Kier alpha value is -1.35. The van der Waals surface area contributed by atoms with Gasteiger partial charge in [0.1, 0.15) is 0 Å². The molecule has 1 aromatic rings. The van der Waals surface area contributed by atoms with Crippen LogP contribution in [-0.2, 0) is 11.2 Å². The van der Waals surface area contributed by atoms with E-state index in [0.717, 1.165) is 18.5 Å². The molecule has 0 spiro atoms. The lowest BCUT2D eigenvalue weighted by Crippen LogP contribution is -2.46. The topological polar surface area (TPSA) is 46.3 Å². The van der Waals surface area contributed by atoms with E-state index in [1.54, 1.807) is 0 Å². The number of benzene rings is 1. The molecule has 1 aliphatic heterocycles. The van der Waals surface area contributed by atoms with Gasteiger partial charge in [0.15, 0.2) is 0 Å². The second-order valence-electron chi connectivity index (χ2n) is 5.48. The van der Waals surface area contributed by atoms with Crippen LogP contribution in [0.25, 0.3) is 0 Å². The van der Waals surface area contributed by atoms with Gasteiger partial charge in [0.25, 0.3) is 0 Å². The molecule has 3 heteroatoms. The van der Waals surface area contributed by atoms with E-state index in [1.165, 1.54) is 0 Å². The molecule has 1 saturated heterocycles. The van der Waals surface area contributed by atoms with Crippen LogP contribution in [0.5, 0.6) is 0 Å². The van der Waals surface area contributed by atoms with Crippen molar-refractivity contribution in [1.82, 2.24) is 4.90 Å². The average molecular weight is 246 g/mol. The lowest BCUT2D eigenvalue weighted by atomic mass is 10.1. The Morgan fingerprint density at radius 2 is 2.06 bits per heavy atom. The van der Waals surface area contributed by atoms with Gasteiger partial charge in [-0.2, -0.15) is 0 Å². The van der Waals surface area contributed by atoms with Crippen molar-refractivity contribution in [3.05, 3.63) is 35.9 Å². The van der Waals surface area contributed by atoms with Crippen molar-refractivity contribution >= 4 is 5.91 Å². The first-order valence-corrected chi connectivity index (χ1v) is 6.68. The molecule has 1 aliphatic rings. The number of carbonyl (C=O) groups excluding carboxylic acids is 1. The van der Waals surface area contributed by atoms with Crippen molar-refractivity contribution in [1.29, 1.82) is 0 Å². The van der Waals surface area contributed by atoms with Crippen LogP contribution in [0.1, 0.15) is 25.8 Å². The standard InChI is InChI=1S/C15H22N2O/c1-11-8-12(2)17(10-11)15(18)14(16)9-13-6-4-3-5-7-13/h3-7,11-12,14H,8-10,16H2,1-2H3. The number of nitrogens with two attached hydrogens (primary N) is 1. The molecular formula is C15H22N2O. The summed E-state index contributed by atoms with van der Waals surface area (Å²) in [5, 5.41) is 0. The van der Waals surface area contributed by atoms with Gasteiger partial charge in [0.05, 0.1) is 6.04 Å². The van der Waals surface area contributed by atoms with E-state index >= 15 is 0 Å². The van der Waals surface area contributed by atoms with Gasteiger partial charge in [-0.05, 0) is 31.2 Å². The molecule has 1 fully saturated rings. The number of carbonyl (C=O) groups is 1. The Labute approximate surface area is 109 Å². The molecular weight excluding hydrogens is 224 g/mol. The van der Waals surface area contributed by atoms with Gasteiger partial charge in [-0.3, -0.25) is 4.79 Å². The van der Waals surface area contributed by atoms with Gasteiger partial charge in [0, 0.05) is 12.6 Å². The largest absolute Gasteiger partial charge is 0.338 e. The van der Waals surface area contributed by atoms with E-state index in [0.29, 0.717) is 18.4 Å². The fourth-order valence-corrected chi connectivity index (χ4v) is 2.78. The van der Waals surface area contributed by atoms with E-state index < -0.39 is 6.04 Å². The Kier molecular flexibility index (Phi) is 4.02. The summed E-state index contributed by atoms with van der Waals surface area (Å²) in [6.45, 7) is 5.14. The summed E-state index contributed by atoms with van der Waals surface area (Å²) in [5.74, 6) is 0.684. The third kappa shape index (κ3) is 2.91. The molecule has 0 aromatic heterocycles. The first-order chi connectivity index (χ1) is 8.58. The molecule has 1 amide bonds. The zero-order chi connectivity index (χ0) is 13.1. The van der Waals surface area contributed by atoms with Crippen LogP contribution in [0, 0.1) is 5.92 Å². The minimum absolute atomic E-state index is 0.0932. The van der Waals surface area contributed by atoms with E-state index in [2.05, 4.69) is 13.8 Å². The Morgan fingerprint density at radius 1 is 1.39 bits per heavy atom. The summed E-state index contributed by atoms with van der Waals surface area (Å²) in [5.41, 5.74) is 7.17. The molecule has 3 nitrogen and oxygen atoms in total. The van der Waals surface area contributed by atoms with E-state index in [4.69, 9.17) is 5.73 Å². The summed E-state index contributed by atoms with van der Waals surface area (Å²) in [4.78, 5) is 14.2. The molecule has 3 atom stereocenters. The lowest BCUT2D eigenvalue weighted by Gasteiger charge is -2.25. The highest BCUT2D eigenvalue weighted by atomic mass is 16.2. The predicted molar refractivity (Wildman–Crippen MR) is 73.1 cm³/mol. The first-order valence-electron chi connectivity index (χ1n) is 6.68.